The SMILES string of the molecule is CS(=O)(=O)Nc1cccc(C2CCN(Cc3cn([C@@H]4Cc5ccccc5[C@H]4O)nn3)CC2)c1. The van der Waals surface area contributed by atoms with Gasteiger partial charge in [-0.2, -0.15) is 0 Å². The van der Waals surface area contributed by atoms with Gasteiger partial charge >= 0.3 is 0 Å². The summed E-state index contributed by atoms with van der Waals surface area (Å²) in [5.74, 6) is 0.408. The summed E-state index contributed by atoms with van der Waals surface area (Å²) in [5.41, 5.74) is 4.85. The number of sulfonamides is 1. The number of aliphatic hydroxyl groups excluding tert-OH is 1. The monoisotopic (exact) mass is 467 g/mol. The summed E-state index contributed by atoms with van der Waals surface area (Å²) >= 11 is 0. The van der Waals surface area contributed by atoms with Gasteiger partial charge in [-0.05, 0) is 67.1 Å². The fourth-order valence-electron chi connectivity index (χ4n) is 5.06. The summed E-state index contributed by atoms with van der Waals surface area (Å²) in [6, 6.07) is 15.6. The van der Waals surface area contributed by atoms with Crippen molar-refractivity contribution in [2.45, 2.75) is 43.9 Å². The normalized spacial score (nSPS) is 21.8. The number of nitrogens with one attached hydrogen (secondary N) is 1. The van der Waals surface area contributed by atoms with Gasteiger partial charge in [-0.3, -0.25) is 9.62 Å². The number of rotatable bonds is 6. The number of fused-ring (bicyclic) bond motifs is 1. The highest BCUT2D eigenvalue weighted by atomic mass is 32.2. The van der Waals surface area contributed by atoms with E-state index in [-0.39, 0.29) is 6.04 Å². The Morgan fingerprint density at radius 1 is 1.12 bits per heavy atom. The highest BCUT2D eigenvalue weighted by Crippen LogP contribution is 2.38. The van der Waals surface area contributed by atoms with E-state index in [1.54, 1.807) is 6.07 Å². The van der Waals surface area contributed by atoms with Crippen LogP contribution in [0.2, 0.25) is 0 Å². The van der Waals surface area contributed by atoms with Crippen molar-refractivity contribution in [1.29, 1.82) is 0 Å². The van der Waals surface area contributed by atoms with Gasteiger partial charge in [-0.1, -0.05) is 41.6 Å². The maximum atomic E-state index is 11.5. The van der Waals surface area contributed by atoms with E-state index in [1.165, 1.54) is 17.4 Å². The predicted molar refractivity (Wildman–Crippen MR) is 126 cm³/mol. The minimum atomic E-state index is -3.28. The van der Waals surface area contributed by atoms with Gasteiger partial charge in [0.25, 0.3) is 0 Å². The predicted octanol–water partition coefficient (Wildman–Crippen LogP) is 2.86. The molecule has 2 aromatic carbocycles. The fourth-order valence-corrected chi connectivity index (χ4v) is 5.62. The Balaban J connectivity index is 1.18. The molecule has 8 nitrogen and oxygen atoms in total. The molecule has 0 radical (unpaired) electrons. The van der Waals surface area contributed by atoms with Crippen molar-refractivity contribution in [2.24, 2.45) is 0 Å². The molecule has 1 aliphatic heterocycles. The molecule has 1 aromatic heterocycles. The highest BCUT2D eigenvalue weighted by Gasteiger charge is 2.33. The number of benzene rings is 2. The van der Waals surface area contributed by atoms with Crippen molar-refractivity contribution < 1.29 is 13.5 Å². The Morgan fingerprint density at radius 2 is 1.91 bits per heavy atom. The highest BCUT2D eigenvalue weighted by molar-refractivity contribution is 7.92. The van der Waals surface area contributed by atoms with Gasteiger partial charge in [-0.25, -0.2) is 13.1 Å². The van der Waals surface area contributed by atoms with Gasteiger partial charge in [0, 0.05) is 12.2 Å². The number of hydrogen-bond acceptors (Lipinski definition) is 6. The van der Waals surface area contributed by atoms with Crippen LogP contribution in [-0.4, -0.2) is 52.8 Å². The van der Waals surface area contributed by atoms with E-state index >= 15 is 0 Å². The van der Waals surface area contributed by atoms with Crippen molar-refractivity contribution in [3.63, 3.8) is 0 Å². The van der Waals surface area contributed by atoms with E-state index in [4.69, 9.17) is 0 Å². The number of hydrogen-bond donors (Lipinski definition) is 2. The second-order valence-electron chi connectivity index (χ2n) is 9.16. The topological polar surface area (TPSA) is 100 Å². The third-order valence-corrected chi connectivity index (χ3v) is 7.31. The van der Waals surface area contributed by atoms with E-state index in [1.807, 2.05) is 41.2 Å². The van der Waals surface area contributed by atoms with Crippen molar-refractivity contribution in [2.75, 3.05) is 24.1 Å². The molecule has 0 bridgehead atoms. The van der Waals surface area contributed by atoms with E-state index in [9.17, 15) is 13.5 Å². The average Bonchev–Trinajstić information content (AvgIpc) is 3.38. The summed E-state index contributed by atoms with van der Waals surface area (Å²) in [4.78, 5) is 2.38. The molecular formula is C24H29N5O3S. The van der Waals surface area contributed by atoms with E-state index < -0.39 is 16.1 Å². The summed E-state index contributed by atoms with van der Waals surface area (Å²) in [5, 5.41) is 19.4. The Kier molecular flexibility index (Phi) is 5.94. The van der Waals surface area contributed by atoms with Crippen LogP contribution >= 0.6 is 0 Å². The Morgan fingerprint density at radius 3 is 2.67 bits per heavy atom. The van der Waals surface area contributed by atoms with Crippen LogP contribution in [0.5, 0.6) is 0 Å². The van der Waals surface area contributed by atoms with Crippen molar-refractivity contribution in [3.8, 4) is 0 Å². The van der Waals surface area contributed by atoms with Gasteiger partial charge in [0.2, 0.25) is 10.0 Å². The zero-order valence-electron chi connectivity index (χ0n) is 18.6. The maximum Gasteiger partial charge on any atom is 0.229 e. The second-order valence-corrected chi connectivity index (χ2v) is 10.9. The molecule has 2 heterocycles. The third-order valence-electron chi connectivity index (χ3n) is 6.70. The Hall–Kier alpha value is -2.75. The number of aliphatic hydroxyl groups is 1. The van der Waals surface area contributed by atoms with Crippen LogP contribution in [0, 0.1) is 0 Å². The lowest BCUT2D eigenvalue weighted by molar-refractivity contribution is 0.120. The zero-order chi connectivity index (χ0) is 23.0. The van der Waals surface area contributed by atoms with Gasteiger partial charge in [-0.15, -0.1) is 5.10 Å². The summed E-state index contributed by atoms with van der Waals surface area (Å²) in [6.45, 7) is 2.62. The van der Waals surface area contributed by atoms with Gasteiger partial charge in [0.05, 0.1) is 24.2 Å². The number of anilines is 1. The lowest BCUT2D eigenvalue weighted by Crippen LogP contribution is -2.32. The van der Waals surface area contributed by atoms with Crippen LogP contribution in [-0.2, 0) is 23.0 Å². The number of nitrogens with zero attached hydrogens (tertiary/aromatic N) is 4. The third kappa shape index (κ3) is 4.95. The molecule has 3 aromatic rings. The largest absolute Gasteiger partial charge is 0.386 e. The number of piperidine rings is 1. The lowest BCUT2D eigenvalue weighted by Gasteiger charge is -2.31. The van der Waals surface area contributed by atoms with Crippen molar-refractivity contribution >= 4 is 15.7 Å². The summed E-state index contributed by atoms with van der Waals surface area (Å²) < 4.78 is 27.4. The first-order valence-corrected chi connectivity index (χ1v) is 13.2. The molecule has 1 fully saturated rings. The molecule has 1 aliphatic carbocycles. The quantitative estimate of drug-likeness (QED) is 0.578. The Labute approximate surface area is 194 Å². The van der Waals surface area contributed by atoms with Crippen LogP contribution in [0.1, 0.15) is 53.3 Å². The first kappa shape index (κ1) is 22.1. The lowest BCUT2D eigenvalue weighted by atomic mass is 9.89. The molecule has 2 aliphatic rings. The van der Waals surface area contributed by atoms with Gasteiger partial charge in [0.1, 0.15) is 6.10 Å². The van der Waals surface area contributed by atoms with Gasteiger partial charge < -0.3 is 5.11 Å². The smallest absolute Gasteiger partial charge is 0.229 e. The van der Waals surface area contributed by atoms with Crippen LogP contribution in [0.25, 0.3) is 0 Å². The molecule has 0 saturated carbocycles. The average molecular weight is 468 g/mol. The molecule has 0 unspecified atom stereocenters. The minimum Gasteiger partial charge on any atom is -0.386 e. The van der Waals surface area contributed by atoms with Crippen LogP contribution in [0.15, 0.2) is 54.7 Å². The standard InChI is InChI=1S/C24H29N5O3S/c1-33(31,32)26-20-7-4-6-18(13-20)17-9-11-28(12-10-17)15-21-16-29(27-25-21)23-14-19-5-2-3-8-22(19)24(23)30/h2-8,13,16-17,23-24,26,30H,9-12,14-15H2,1H3/t23-,24-/m1/s1. The first-order chi connectivity index (χ1) is 15.9. The molecule has 174 valence electrons. The van der Waals surface area contributed by atoms with Gasteiger partial charge in [0.15, 0.2) is 0 Å². The second kappa shape index (κ2) is 8.89. The molecule has 2 atom stereocenters. The summed E-state index contributed by atoms with van der Waals surface area (Å²) in [7, 11) is -3.28. The van der Waals surface area contributed by atoms with E-state index in [0.29, 0.717) is 11.6 Å². The molecule has 0 spiro atoms. The maximum absolute atomic E-state index is 11.5. The molecule has 2 N–H and O–H groups in total. The number of aromatic nitrogens is 3. The van der Waals surface area contributed by atoms with E-state index in [0.717, 1.165) is 50.2 Å². The first-order valence-electron chi connectivity index (χ1n) is 11.3. The Bertz CT molecular complexity index is 1230. The van der Waals surface area contributed by atoms with Crippen molar-refractivity contribution in [3.05, 3.63) is 77.1 Å². The van der Waals surface area contributed by atoms with Crippen LogP contribution in [0.4, 0.5) is 5.69 Å². The molecule has 5 rings (SSSR count). The molecule has 33 heavy (non-hydrogen) atoms. The molecule has 1 saturated heterocycles. The molecule has 0 amide bonds. The van der Waals surface area contributed by atoms with Crippen molar-refractivity contribution in [1.82, 2.24) is 19.9 Å². The van der Waals surface area contributed by atoms with E-state index in [2.05, 4.69) is 32.1 Å². The van der Waals surface area contributed by atoms with Crippen LogP contribution < -0.4 is 4.72 Å². The van der Waals surface area contributed by atoms with Crippen LogP contribution in [0.3, 0.4) is 0 Å². The molecule has 9 heteroatoms. The number of likely N-dealkylation sites (tertiary alicyclic amines) is 1. The zero-order valence-corrected chi connectivity index (χ0v) is 19.4. The molecular weight excluding hydrogens is 438 g/mol. The summed E-state index contributed by atoms with van der Waals surface area (Å²) in [6.07, 6.45) is 5.35. The fraction of sp³-hybridized carbons (Fsp3) is 0.417. The minimum absolute atomic E-state index is 0.109.